The Bertz CT molecular complexity index is 507. The van der Waals surface area contributed by atoms with E-state index in [1.165, 1.54) is 37.9 Å². The van der Waals surface area contributed by atoms with E-state index in [-0.39, 0.29) is 0 Å². The molecule has 4 aliphatic carbocycles. The quantitative estimate of drug-likeness (QED) is 0.853. The predicted molar refractivity (Wildman–Crippen MR) is 76.0 cm³/mol. The number of hydrogen-bond donors (Lipinski definition) is 1. The molecule has 0 radical (unpaired) electrons. The van der Waals surface area contributed by atoms with Gasteiger partial charge >= 0.3 is 0 Å². The van der Waals surface area contributed by atoms with Gasteiger partial charge in [-0.25, -0.2) is 0 Å². The summed E-state index contributed by atoms with van der Waals surface area (Å²) in [6.45, 7) is 4.22. The molecule has 0 amide bonds. The molecule has 108 valence electrons. The monoisotopic (exact) mass is 272 g/mol. The summed E-state index contributed by atoms with van der Waals surface area (Å²) in [6, 6.07) is 0.472. The molecule has 4 heteroatoms. The smallest absolute Gasteiger partial charge is 0.150 e. The number of nitrogens with zero attached hydrogens (tertiary/aromatic N) is 3. The first-order valence-corrected chi connectivity index (χ1v) is 8.42. The Morgan fingerprint density at radius 1 is 1.00 bits per heavy atom. The third kappa shape index (κ3) is 1.51. The first-order chi connectivity index (χ1) is 9.79. The minimum Gasteiger partial charge on any atom is -0.313 e. The fourth-order valence-electron chi connectivity index (χ4n) is 6.15. The molecule has 20 heavy (non-hydrogen) atoms. The second-order valence-electron chi connectivity index (χ2n) is 7.70. The van der Waals surface area contributed by atoms with Crippen molar-refractivity contribution in [3.63, 3.8) is 0 Å². The third-order valence-corrected chi connectivity index (χ3v) is 6.63. The van der Waals surface area contributed by atoms with Crippen molar-refractivity contribution < 1.29 is 0 Å². The fourth-order valence-corrected chi connectivity index (χ4v) is 6.15. The second kappa shape index (κ2) is 4.06. The molecule has 4 bridgehead atoms. The topological polar surface area (TPSA) is 42.7 Å². The zero-order chi connectivity index (χ0) is 13.3. The van der Waals surface area contributed by atoms with Gasteiger partial charge in [0, 0.05) is 13.1 Å². The molecule has 4 nitrogen and oxygen atoms in total. The number of aromatic nitrogens is 3. The Balaban J connectivity index is 1.52. The molecule has 1 N–H and O–H groups in total. The van der Waals surface area contributed by atoms with Crippen LogP contribution in [0.5, 0.6) is 0 Å². The van der Waals surface area contributed by atoms with Crippen molar-refractivity contribution in [2.75, 3.05) is 6.54 Å². The average molecular weight is 272 g/mol. The van der Waals surface area contributed by atoms with Crippen LogP contribution in [0.3, 0.4) is 0 Å². The Morgan fingerprint density at radius 3 is 2.40 bits per heavy atom. The third-order valence-electron chi connectivity index (χ3n) is 6.63. The first-order valence-electron chi connectivity index (χ1n) is 8.42. The summed E-state index contributed by atoms with van der Waals surface area (Å²) in [4.78, 5) is 0. The van der Waals surface area contributed by atoms with Crippen molar-refractivity contribution in [3.8, 4) is 0 Å². The van der Waals surface area contributed by atoms with Crippen LogP contribution in [0.15, 0.2) is 0 Å². The normalized spacial score (nSPS) is 45.6. The number of rotatable bonds is 1. The van der Waals surface area contributed by atoms with Crippen LogP contribution in [0.25, 0.3) is 0 Å². The molecule has 1 aromatic heterocycles. The molecule has 1 unspecified atom stereocenters. The van der Waals surface area contributed by atoms with Gasteiger partial charge in [-0.05, 0) is 68.6 Å². The van der Waals surface area contributed by atoms with Crippen LogP contribution >= 0.6 is 0 Å². The summed E-state index contributed by atoms with van der Waals surface area (Å²) in [5, 5.41) is 12.6. The van der Waals surface area contributed by atoms with E-state index in [1.807, 2.05) is 0 Å². The van der Waals surface area contributed by atoms with Crippen molar-refractivity contribution in [1.29, 1.82) is 0 Å². The summed E-state index contributed by atoms with van der Waals surface area (Å²) in [5.41, 5.74) is 0. The molecule has 0 saturated heterocycles. The number of hydrogen-bond acceptors (Lipinski definition) is 3. The van der Waals surface area contributed by atoms with E-state index >= 15 is 0 Å². The van der Waals surface area contributed by atoms with E-state index in [0.29, 0.717) is 6.04 Å². The van der Waals surface area contributed by atoms with E-state index in [2.05, 4.69) is 27.0 Å². The standard InChI is InChI=1S/C16H24N4/c1-9-18-19-16-15(17-2-3-20(9)16)14-12-5-10-4-11(7-12)8-13(14)6-10/h10-15,17H,2-8H2,1H3. The van der Waals surface area contributed by atoms with Gasteiger partial charge in [0.2, 0.25) is 0 Å². The SMILES string of the molecule is Cc1nnc2n1CCNC2C1C2CC3CC(C2)CC1C3. The van der Waals surface area contributed by atoms with Crippen LogP contribution in [0.4, 0.5) is 0 Å². The molecule has 0 spiro atoms. The highest BCUT2D eigenvalue weighted by molar-refractivity contribution is 5.10. The maximum Gasteiger partial charge on any atom is 0.150 e. The van der Waals surface area contributed by atoms with Gasteiger partial charge in [0.1, 0.15) is 5.82 Å². The molecule has 4 fully saturated rings. The van der Waals surface area contributed by atoms with E-state index < -0.39 is 0 Å². The molecule has 5 aliphatic rings. The maximum atomic E-state index is 4.52. The minimum absolute atomic E-state index is 0.472. The van der Waals surface area contributed by atoms with Gasteiger partial charge in [-0.3, -0.25) is 0 Å². The van der Waals surface area contributed by atoms with Gasteiger partial charge in [0.05, 0.1) is 6.04 Å². The Morgan fingerprint density at radius 2 is 1.70 bits per heavy atom. The van der Waals surface area contributed by atoms with Crippen molar-refractivity contribution in [2.24, 2.45) is 29.6 Å². The Hall–Kier alpha value is -0.900. The Labute approximate surface area is 120 Å². The van der Waals surface area contributed by atoms with E-state index in [0.717, 1.165) is 48.5 Å². The van der Waals surface area contributed by atoms with E-state index in [4.69, 9.17) is 0 Å². The minimum atomic E-state index is 0.472. The highest BCUT2D eigenvalue weighted by atomic mass is 15.3. The lowest BCUT2D eigenvalue weighted by atomic mass is 9.50. The van der Waals surface area contributed by atoms with Crippen molar-refractivity contribution in [2.45, 2.75) is 51.6 Å². The predicted octanol–water partition coefficient (Wildman–Crippen LogP) is 2.30. The zero-order valence-electron chi connectivity index (χ0n) is 12.3. The molecular formula is C16H24N4. The van der Waals surface area contributed by atoms with Gasteiger partial charge in [-0.1, -0.05) is 0 Å². The Kier molecular flexibility index (Phi) is 2.38. The fraction of sp³-hybridized carbons (Fsp3) is 0.875. The van der Waals surface area contributed by atoms with Gasteiger partial charge in [0.25, 0.3) is 0 Å². The number of fused-ring (bicyclic) bond motifs is 1. The van der Waals surface area contributed by atoms with Crippen LogP contribution in [-0.2, 0) is 6.54 Å². The lowest BCUT2D eigenvalue weighted by molar-refractivity contribution is -0.0558. The summed E-state index contributed by atoms with van der Waals surface area (Å²) >= 11 is 0. The summed E-state index contributed by atoms with van der Waals surface area (Å²) < 4.78 is 2.35. The van der Waals surface area contributed by atoms with Crippen LogP contribution < -0.4 is 5.32 Å². The number of nitrogens with one attached hydrogen (secondary N) is 1. The van der Waals surface area contributed by atoms with Gasteiger partial charge in [-0.15, -0.1) is 10.2 Å². The van der Waals surface area contributed by atoms with Crippen LogP contribution in [0, 0.1) is 36.5 Å². The molecule has 1 atom stereocenters. The van der Waals surface area contributed by atoms with Gasteiger partial charge < -0.3 is 9.88 Å². The van der Waals surface area contributed by atoms with Gasteiger partial charge in [0.15, 0.2) is 5.82 Å². The largest absolute Gasteiger partial charge is 0.313 e. The van der Waals surface area contributed by atoms with E-state index in [1.54, 1.807) is 0 Å². The molecule has 4 saturated carbocycles. The first kappa shape index (κ1) is 11.7. The summed E-state index contributed by atoms with van der Waals surface area (Å²) in [7, 11) is 0. The summed E-state index contributed by atoms with van der Waals surface area (Å²) in [5.74, 6) is 7.15. The molecule has 2 heterocycles. The van der Waals surface area contributed by atoms with Gasteiger partial charge in [-0.2, -0.15) is 0 Å². The van der Waals surface area contributed by atoms with Crippen LogP contribution in [-0.4, -0.2) is 21.3 Å². The molecule has 1 aromatic rings. The summed E-state index contributed by atoms with van der Waals surface area (Å²) in [6.07, 6.45) is 7.49. The average Bonchev–Trinajstić information content (AvgIpc) is 2.80. The molecular weight excluding hydrogens is 248 g/mol. The maximum absolute atomic E-state index is 4.52. The molecule has 1 aliphatic heterocycles. The lowest BCUT2D eigenvalue weighted by Crippen LogP contribution is -2.51. The molecule has 6 rings (SSSR count). The van der Waals surface area contributed by atoms with Crippen molar-refractivity contribution >= 4 is 0 Å². The number of aryl methyl sites for hydroxylation is 1. The second-order valence-corrected chi connectivity index (χ2v) is 7.70. The van der Waals surface area contributed by atoms with Crippen molar-refractivity contribution in [3.05, 3.63) is 11.6 Å². The lowest BCUT2D eigenvalue weighted by Gasteiger charge is -2.56. The highest BCUT2D eigenvalue weighted by Gasteiger charge is 2.51. The molecule has 0 aromatic carbocycles. The van der Waals surface area contributed by atoms with E-state index in [9.17, 15) is 0 Å². The zero-order valence-corrected chi connectivity index (χ0v) is 12.3. The van der Waals surface area contributed by atoms with Crippen LogP contribution in [0.2, 0.25) is 0 Å². The highest BCUT2D eigenvalue weighted by Crippen LogP contribution is 2.59. The van der Waals surface area contributed by atoms with Crippen molar-refractivity contribution in [1.82, 2.24) is 20.1 Å². The van der Waals surface area contributed by atoms with Crippen LogP contribution in [0.1, 0.15) is 49.8 Å².